The van der Waals surface area contributed by atoms with Crippen LogP contribution in [0.15, 0.2) is 40.8 Å². The van der Waals surface area contributed by atoms with Crippen molar-refractivity contribution in [1.82, 2.24) is 0 Å². The minimum atomic E-state index is -1.12. The van der Waals surface area contributed by atoms with Gasteiger partial charge in [-0.3, -0.25) is 4.79 Å². The van der Waals surface area contributed by atoms with E-state index in [-0.39, 0.29) is 24.3 Å². The average Bonchev–Trinajstić information content (AvgIpc) is 3.35. The number of carboxylic acid groups (broad SMARTS) is 1. The number of aliphatic hydroxyl groups excluding tert-OH is 1. The highest BCUT2D eigenvalue weighted by atomic mass is 16.5. The van der Waals surface area contributed by atoms with Crippen molar-refractivity contribution in [2.24, 2.45) is 0 Å². The van der Waals surface area contributed by atoms with Crippen LogP contribution in [0.4, 0.5) is 5.69 Å². The fourth-order valence-electron chi connectivity index (χ4n) is 3.73. The Morgan fingerprint density at radius 3 is 2.67 bits per heavy atom. The third kappa shape index (κ3) is 5.49. The van der Waals surface area contributed by atoms with Gasteiger partial charge in [-0.2, -0.15) is 0 Å². The second-order valence-electron chi connectivity index (χ2n) is 7.65. The quantitative estimate of drug-likeness (QED) is 0.531. The van der Waals surface area contributed by atoms with Gasteiger partial charge in [0.25, 0.3) is 0 Å². The number of aromatic carboxylic acids is 1. The molecule has 1 aromatic carbocycles. The Hall–Kier alpha value is -2.64. The predicted octanol–water partition coefficient (Wildman–Crippen LogP) is 4.30. The Morgan fingerprint density at radius 1 is 1.23 bits per heavy atom. The van der Waals surface area contributed by atoms with Crippen LogP contribution in [0, 0.1) is 0 Å². The van der Waals surface area contributed by atoms with Crippen LogP contribution in [-0.2, 0) is 16.1 Å². The lowest BCUT2D eigenvalue weighted by Crippen LogP contribution is -2.36. The number of rotatable bonds is 11. The van der Waals surface area contributed by atoms with Gasteiger partial charge in [0, 0.05) is 12.1 Å². The third-order valence-electron chi connectivity index (χ3n) is 5.39. The molecule has 1 saturated heterocycles. The molecule has 1 fully saturated rings. The van der Waals surface area contributed by atoms with Gasteiger partial charge < -0.3 is 24.3 Å². The van der Waals surface area contributed by atoms with Crippen LogP contribution in [0.2, 0.25) is 0 Å². The molecule has 30 heavy (non-hydrogen) atoms. The van der Waals surface area contributed by atoms with Gasteiger partial charge in [-0.25, -0.2) is 4.79 Å². The fraction of sp³-hybridized carbons (Fsp3) is 0.478. The zero-order valence-corrected chi connectivity index (χ0v) is 17.3. The number of amides is 1. The first kappa shape index (κ1) is 22.1. The van der Waals surface area contributed by atoms with Crippen LogP contribution in [-0.4, -0.2) is 34.7 Å². The van der Waals surface area contributed by atoms with Gasteiger partial charge in [-0.1, -0.05) is 38.3 Å². The molecule has 2 heterocycles. The Bertz CT molecular complexity index is 844. The summed E-state index contributed by atoms with van der Waals surface area (Å²) in [6.07, 6.45) is 4.62. The number of benzene rings is 1. The summed E-state index contributed by atoms with van der Waals surface area (Å²) < 4.78 is 10.9. The fourth-order valence-corrected chi connectivity index (χ4v) is 3.73. The molecule has 7 heteroatoms. The molecule has 1 aromatic heterocycles. The molecule has 0 saturated carbocycles. The Balaban J connectivity index is 1.56. The number of carbonyl (C=O) groups excluding carboxylic acids is 1. The zero-order chi connectivity index (χ0) is 21.5. The smallest absolute Gasteiger partial charge is 0.371 e. The van der Waals surface area contributed by atoms with Crippen molar-refractivity contribution >= 4 is 17.6 Å². The maximum absolute atomic E-state index is 12.4. The molecule has 162 valence electrons. The number of hydrogen-bond donors (Lipinski definition) is 2. The number of unbranched alkanes of at least 4 members (excludes halogenated alkanes) is 2. The van der Waals surface area contributed by atoms with E-state index in [1.807, 2.05) is 24.3 Å². The summed E-state index contributed by atoms with van der Waals surface area (Å²) >= 11 is 0. The van der Waals surface area contributed by atoms with E-state index in [0.29, 0.717) is 25.2 Å². The molecule has 2 aromatic rings. The summed E-state index contributed by atoms with van der Waals surface area (Å²) in [5.74, 6) is -0.758. The lowest BCUT2D eigenvalue weighted by Gasteiger charge is -2.25. The lowest BCUT2D eigenvalue weighted by atomic mass is 10.0. The van der Waals surface area contributed by atoms with Crippen LogP contribution in [0.25, 0.3) is 0 Å². The Morgan fingerprint density at radius 2 is 2.00 bits per heavy atom. The summed E-state index contributed by atoms with van der Waals surface area (Å²) in [5, 5.41) is 19.2. The highest BCUT2D eigenvalue weighted by Crippen LogP contribution is 2.29. The molecule has 0 bridgehead atoms. The van der Waals surface area contributed by atoms with E-state index in [1.54, 1.807) is 11.0 Å². The maximum Gasteiger partial charge on any atom is 0.371 e. The van der Waals surface area contributed by atoms with Crippen molar-refractivity contribution in [3.63, 3.8) is 0 Å². The van der Waals surface area contributed by atoms with Crippen LogP contribution < -0.4 is 4.90 Å². The third-order valence-corrected chi connectivity index (χ3v) is 5.39. The molecule has 3 rings (SSSR count). The van der Waals surface area contributed by atoms with Gasteiger partial charge in [-0.05, 0) is 42.7 Å². The van der Waals surface area contributed by atoms with E-state index in [9.17, 15) is 14.7 Å². The number of anilines is 1. The summed E-state index contributed by atoms with van der Waals surface area (Å²) in [6, 6.07) is 10.4. The first-order valence-electron chi connectivity index (χ1n) is 10.5. The molecule has 0 aliphatic carbocycles. The molecule has 1 amide bonds. The number of ether oxygens (including phenoxy) is 1. The van der Waals surface area contributed by atoms with Crippen molar-refractivity contribution in [3.8, 4) is 0 Å². The Labute approximate surface area is 176 Å². The van der Waals surface area contributed by atoms with Crippen molar-refractivity contribution in [2.45, 2.75) is 64.2 Å². The molecule has 0 radical (unpaired) electrons. The maximum atomic E-state index is 12.4. The second kappa shape index (κ2) is 10.4. The van der Waals surface area contributed by atoms with Crippen LogP contribution in [0.3, 0.4) is 0 Å². The number of hydrogen-bond acceptors (Lipinski definition) is 5. The summed E-state index contributed by atoms with van der Waals surface area (Å²) in [7, 11) is 0. The summed E-state index contributed by atoms with van der Waals surface area (Å²) in [4.78, 5) is 25.0. The van der Waals surface area contributed by atoms with E-state index in [2.05, 4.69) is 6.92 Å². The molecule has 2 atom stereocenters. The topological polar surface area (TPSA) is 100 Å². The van der Waals surface area contributed by atoms with Crippen molar-refractivity contribution in [1.29, 1.82) is 0 Å². The zero-order valence-electron chi connectivity index (χ0n) is 17.3. The monoisotopic (exact) mass is 415 g/mol. The highest BCUT2D eigenvalue weighted by molar-refractivity contribution is 5.96. The van der Waals surface area contributed by atoms with Crippen molar-refractivity contribution in [3.05, 3.63) is 53.5 Å². The minimum Gasteiger partial charge on any atom is -0.475 e. The van der Waals surface area contributed by atoms with Crippen LogP contribution in [0.1, 0.15) is 73.4 Å². The highest BCUT2D eigenvalue weighted by Gasteiger charge is 2.32. The number of furan rings is 1. The molecule has 1 aliphatic heterocycles. The van der Waals surface area contributed by atoms with E-state index in [4.69, 9.17) is 14.3 Å². The average molecular weight is 415 g/mol. The standard InChI is InChI=1S/C23H29NO6/c1-2-3-4-5-20(25)16-6-8-17(9-7-16)24-18(10-13-22(24)26)14-29-15-19-11-12-21(30-19)23(27)28/h6-9,11-12,18,20,25H,2-5,10,13-15H2,1H3,(H,27,28)/t18-,20?/m0/s1. The second-order valence-corrected chi connectivity index (χ2v) is 7.65. The normalized spacial score (nSPS) is 17.5. The summed E-state index contributed by atoms with van der Waals surface area (Å²) in [6.45, 7) is 2.61. The first-order valence-corrected chi connectivity index (χ1v) is 10.5. The molecule has 7 nitrogen and oxygen atoms in total. The van der Waals surface area contributed by atoms with E-state index < -0.39 is 12.1 Å². The van der Waals surface area contributed by atoms with Gasteiger partial charge in [0.2, 0.25) is 11.7 Å². The molecule has 1 aliphatic rings. The van der Waals surface area contributed by atoms with E-state index in [1.165, 1.54) is 6.07 Å². The van der Waals surface area contributed by atoms with Gasteiger partial charge in [0.1, 0.15) is 12.4 Å². The summed E-state index contributed by atoms with van der Waals surface area (Å²) in [5.41, 5.74) is 1.66. The number of carbonyl (C=O) groups is 2. The minimum absolute atomic E-state index is 0.0472. The van der Waals surface area contributed by atoms with Crippen LogP contribution in [0.5, 0.6) is 0 Å². The first-order chi connectivity index (χ1) is 14.5. The van der Waals surface area contributed by atoms with Gasteiger partial charge in [0.05, 0.1) is 18.8 Å². The lowest BCUT2D eigenvalue weighted by molar-refractivity contribution is -0.117. The van der Waals surface area contributed by atoms with Gasteiger partial charge >= 0.3 is 5.97 Å². The van der Waals surface area contributed by atoms with E-state index in [0.717, 1.165) is 36.9 Å². The van der Waals surface area contributed by atoms with E-state index >= 15 is 0 Å². The Kier molecular flexibility index (Phi) is 7.65. The molecule has 2 N–H and O–H groups in total. The molecule has 1 unspecified atom stereocenters. The SMILES string of the molecule is CCCCCC(O)c1ccc(N2C(=O)CC[C@H]2COCc2ccc(C(=O)O)o2)cc1. The van der Waals surface area contributed by atoms with Crippen molar-refractivity contribution in [2.75, 3.05) is 11.5 Å². The number of carboxylic acids is 1. The molecular formula is C23H29NO6. The molecular weight excluding hydrogens is 386 g/mol. The predicted molar refractivity (Wildman–Crippen MR) is 111 cm³/mol. The number of aliphatic hydroxyl groups is 1. The van der Waals surface area contributed by atoms with Crippen LogP contribution >= 0.6 is 0 Å². The largest absolute Gasteiger partial charge is 0.475 e. The van der Waals surface area contributed by atoms with Gasteiger partial charge in [-0.15, -0.1) is 0 Å². The van der Waals surface area contributed by atoms with Gasteiger partial charge in [0.15, 0.2) is 0 Å². The molecule has 0 spiro atoms. The number of nitrogens with zero attached hydrogens (tertiary/aromatic N) is 1. The van der Waals surface area contributed by atoms with Crippen molar-refractivity contribution < 1.29 is 29.0 Å².